The Balaban J connectivity index is 1.45. The predicted octanol–water partition coefficient (Wildman–Crippen LogP) is 2.29. The van der Waals surface area contributed by atoms with Crippen LogP contribution < -0.4 is 5.32 Å². The third kappa shape index (κ3) is 3.15. The Morgan fingerprint density at radius 1 is 1.25 bits per heavy atom. The fraction of sp³-hybridized carbons (Fsp3) is 0.632. The molecule has 0 saturated carbocycles. The number of benzene rings is 1. The van der Waals surface area contributed by atoms with Gasteiger partial charge in [0.2, 0.25) is 0 Å². The SMILES string of the molecule is CCNC(=NCc1ccc2c(c1)COC2)N1CCC2(CCOC2)C1. The summed E-state index contributed by atoms with van der Waals surface area (Å²) in [5.74, 6) is 1.04. The van der Waals surface area contributed by atoms with Crippen LogP contribution in [0.2, 0.25) is 0 Å². The van der Waals surface area contributed by atoms with Gasteiger partial charge in [0, 0.05) is 31.7 Å². The van der Waals surface area contributed by atoms with Crippen molar-refractivity contribution in [2.24, 2.45) is 10.4 Å². The lowest BCUT2D eigenvalue weighted by Gasteiger charge is -2.25. The Labute approximate surface area is 144 Å². The molecule has 24 heavy (non-hydrogen) atoms. The maximum atomic E-state index is 5.64. The molecule has 1 aromatic rings. The smallest absolute Gasteiger partial charge is 0.194 e. The fourth-order valence-electron chi connectivity index (χ4n) is 4.00. The molecule has 4 rings (SSSR count). The molecular formula is C19H27N3O2. The number of hydrogen-bond donors (Lipinski definition) is 1. The molecule has 5 heteroatoms. The Kier molecular flexibility index (Phi) is 4.46. The Bertz CT molecular complexity index is 623. The van der Waals surface area contributed by atoms with Gasteiger partial charge in [-0.1, -0.05) is 18.2 Å². The van der Waals surface area contributed by atoms with E-state index in [0.29, 0.717) is 5.41 Å². The molecule has 130 valence electrons. The highest BCUT2D eigenvalue weighted by Crippen LogP contribution is 2.38. The number of guanidine groups is 1. The molecule has 3 heterocycles. The molecule has 5 nitrogen and oxygen atoms in total. The van der Waals surface area contributed by atoms with Crippen LogP contribution in [-0.4, -0.2) is 43.7 Å². The maximum Gasteiger partial charge on any atom is 0.194 e. The third-order valence-electron chi connectivity index (χ3n) is 5.45. The van der Waals surface area contributed by atoms with E-state index in [1.807, 2.05) is 0 Å². The average Bonchev–Trinajstić information content (AvgIpc) is 3.33. The highest BCUT2D eigenvalue weighted by molar-refractivity contribution is 5.80. The summed E-state index contributed by atoms with van der Waals surface area (Å²) < 4.78 is 11.1. The zero-order valence-electron chi connectivity index (χ0n) is 14.5. The van der Waals surface area contributed by atoms with Crippen molar-refractivity contribution in [2.45, 2.75) is 39.5 Å². The van der Waals surface area contributed by atoms with Crippen molar-refractivity contribution in [1.29, 1.82) is 0 Å². The van der Waals surface area contributed by atoms with E-state index < -0.39 is 0 Å². The molecule has 2 saturated heterocycles. The van der Waals surface area contributed by atoms with Crippen molar-refractivity contribution >= 4 is 5.96 Å². The molecule has 3 aliphatic heterocycles. The highest BCUT2D eigenvalue weighted by Gasteiger charge is 2.42. The lowest BCUT2D eigenvalue weighted by molar-refractivity contribution is 0.134. The van der Waals surface area contributed by atoms with Crippen LogP contribution in [0.4, 0.5) is 0 Å². The normalized spacial score (nSPS) is 26.4. The van der Waals surface area contributed by atoms with Gasteiger partial charge in [-0.25, -0.2) is 4.99 Å². The summed E-state index contributed by atoms with van der Waals surface area (Å²) >= 11 is 0. The summed E-state index contributed by atoms with van der Waals surface area (Å²) in [6.07, 6.45) is 2.40. The first-order valence-corrected chi connectivity index (χ1v) is 9.07. The van der Waals surface area contributed by atoms with E-state index in [9.17, 15) is 0 Å². The largest absolute Gasteiger partial charge is 0.381 e. The van der Waals surface area contributed by atoms with E-state index in [1.165, 1.54) is 29.5 Å². The van der Waals surface area contributed by atoms with E-state index in [-0.39, 0.29) is 0 Å². The first-order valence-electron chi connectivity index (χ1n) is 9.07. The zero-order valence-corrected chi connectivity index (χ0v) is 14.5. The van der Waals surface area contributed by atoms with Crippen LogP contribution in [0.1, 0.15) is 36.5 Å². The summed E-state index contributed by atoms with van der Waals surface area (Å²) in [6, 6.07) is 6.60. The second-order valence-electron chi connectivity index (χ2n) is 7.24. The van der Waals surface area contributed by atoms with Crippen LogP contribution in [0.15, 0.2) is 23.2 Å². The number of aliphatic imine (C=N–C) groups is 1. The Morgan fingerprint density at radius 2 is 2.17 bits per heavy atom. The Morgan fingerprint density at radius 3 is 3.00 bits per heavy atom. The van der Waals surface area contributed by atoms with E-state index in [0.717, 1.165) is 58.6 Å². The second-order valence-corrected chi connectivity index (χ2v) is 7.24. The first kappa shape index (κ1) is 15.9. The van der Waals surface area contributed by atoms with Crippen molar-refractivity contribution < 1.29 is 9.47 Å². The van der Waals surface area contributed by atoms with Crippen LogP contribution >= 0.6 is 0 Å². The van der Waals surface area contributed by atoms with Crippen molar-refractivity contribution in [3.8, 4) is 0 Å². The van der Waals surface area contributed by atoms with Gasteiger partial charge in [-0.05, 0) is 36.5 Å². The van der Waals surface area contributed by atoms with Crippen molar-refractivity contribution in [3.63, 3.8) is 0 Å². The number of ether oxygens (including phenoxy) is 2. The maximum absolute atomic E-state index is 5.64. The van der Waals surface area contributed by atoms with Crippen LogP contribution in [0, 0.1) is 5.41 Å². The van der Waals surface area contributed by atoms with Gasteiger partial charge in [-0.15, -0.1) is 0 Å². The van der Waals surface area contributed by atoms with E-state index >= 15 is 0 Å². The topological polar surface area (TPSA) is 46.1 Å². The van der Waals surface area contributed by atoms with Gasteiger partial charge in [0.25, 0.3) is 0 Å². The molecule has 0 radical (unpaired) electrons. The molecule has 1 N–H and O–H groups in total. The van der Waals surface area contributed by atoms with E-state index in [1.54, 1.807) is 0 Å². The minimum atomic E-state index is 0.362. The summed E-state index contributed by atoms with van der Waals surface area (Å²) in [4.78, 5) is 7.31. The minimum Gasteiger partial charge on any atom is -0.381 e. The number of fused-ring (bicyclic) bond motifs is 1. The lowest BCUT2D eigenvalue weighted by atomic mass is 9.87. The van der Waals surface area contributed by atoms with Crippen LogP contribution in [0.3, 0.4) is 0 Å². The van der Waals surface area contributed by atoms with Gasteiger partial charge >= 0.3 is 0 Å². The molecule has 1 atom stereocenters. The highest BCUT2D eigenvalue weighted by atomic mass is 16.5. The minimum absolute atomic E-state index is 0.362. The Hall–Kier alpha value is -1.59. The van der Waals surface area contributed by atoms with Crippen molar-refractivity contribution in [3.05, 3.63) is 34.9 Å². The number of nitrogens with one attached hydrogen (secondary N) is 1. The van der Waals surface area contributed by atoms with Gasteiger partial charge in [0.1, 0.15) is 0 Å². The van der Waals surface area contributed by atoms with E-state index in [4.69, 9.17) is 14.5 Å². The molecular weight excluding hydrogens is 302 g/mol. The number of hydrogen-bond acceptors (Lipinski definition) is 3. The monoisotopic (exact) mass is 329 g/mol. The lowest BCUT2D eigenvalue weighted by Crippen LogP contribution is -2.41. The number of likely N-dealkylation sites (tertiary alicyclic amines) is 1. The summed E-state index contributed by atoms with van der Waals surface area (Å²) in [5, 5.41) is 3.46. The quantitative estimate of drug-likeness (QED) is 0.683. The van der Waals surface area contributed by atoms with Crippen LogP contribution in [0.25, 0.3) is 0 Å². The van der Waals surface area contributed by atoms with E-state index in [2.05, 4.69) is 35.3 Å². The average molecular weight is 329 g/mol. The molecule has 0 aliphatic carbocycles. The van der Waals surface area contributed by atoms with Gasteiger partial charge in [0.15, 0.2) is 5.96 Å². The van der Waals surface area contributed by atoms with Crippen molar-refractivity contribution in [2.75, 3.05) is 32.8 Å². The molecule has 0 bridgehead atoms. The van der Waals surface area contributed by atoms with Gasteiger partial charge in [-0.2, -0.15) is 0 Å². The predicted molar refractivity (Wildman–Crippen MR) is 93.8 cm³/mol. The van der Waals surface area contributed by atoms with Gasteiger partial charge in [0.05, 0.1) is 26.4 Å². The fourth-order valence-corrected chi connectivity index (χ4v) is 4.00. The van der Waals surface area contributed by atoms with Crippen LogP contribution in [0.5, 0.6) is 0 Å². The first-order chi connectivity index (χ1) is 11.8. The van der Waals surface area contributed by atoms with Crippen molar-refractivity contribution in [1.82, 2.24) is 10.2 Å². The summed E-state index contributed by atoms with van der Waals surface area (Å²) in [7, 11) is 0. The molecule has 0 aromatic heterocycles. The number of rotatable bonds is 3. The summed E-state index contributed by atoms with van der Waals surface area (Å²) in [5.41, 5.74) is 4.25. The molecule has 2 fully saturated rings. The standard InChI is InChI=1S/C19H27N3O2/c1-2-20-18(22-7-5-19(13-22)6-8-23-14-19)21-10-15-3-4-16-11-24-12-17(16)9-15/h3-4,9H,2,5-8,10-14H2,1H3,(H,20,21). The molecule has 3 aliphatic rings. The zero-order chi connectivity index (χ0) is 16.4. The molecule has 1 unspecified atom stereocenters. The van der Waals surface area contributed by atoms with Crippen LogP contribution in [-0.2, 0) is 29.2 Å². The molecule has 0 amide bonds. The summed E-state index contributed by atoms with van der Waals surface area (Å²) in [6.45, 7) is 9.21. The molecule has 1 aromatic carbocycles. The molecule has 1 spiro atoms. The van der Waals surface area contributed by atoms with Gasteiger partial charge < -0.3 is 19.7 Å². The van der Waals surface area contributed by atoms with Gasteiger partial charge in [-0.3, -0.25) is 0 Å². The second kappa shape index (κ2) is 6.73. The third-order valence-corrected chi connectivity index (χ3v) is 5.45. The number of nitrogens with zero attached hydrogens (tertiary/aromatic N) is 2.